The fourth-order valence-corrected chi connectivity index (χ4v) is 2.41. The van der Waals surface area contributed by atoms with Gasteiger partial charge in [-0.05, 0) is 18.5 Å². The molecule has 0 saturated carbocycles. The Hall–Kier alpha value is -1.85. The van der Waals surface area contributed by atoms with Gasteiger partial charge in [-0.15, -0.1) is 12.4 Å². The van der Waals surface area contributed by atoms with E-state index in [2.05, 4.69) is 27.8 Å². The zero-order valence-corrected chi connectivity index (χ0v) is 12.5. The van der Waals surface area contributed by atoms with Crippen molar-refractivity contribution in [1.29, 1.82) is 0 Å². The molecule has 2 aromatic rings. The predicted octanol–water partition coefficient (Wildman–Crippen LogP) is 1.90. The number of amides is 1. The van der Waals surface area contributed by atoms with Gasteiger partial charge in [0.1, 0.15) is 0 Å². The van der Waals surface area contributed by atoms with Crippen molar-refractivity contribution < 1.29 is 4.79 Å². The minimum absolute atomic E-state index is 0. The lowest BCUT2D eigenvalue weighted by atomic mass is 10.1. The van der Waals surface area contributed by atoms with Crippen LogP contribution in [0.5, 0.6) is 0 Å². The summed E-state index contributed by atoms with van der Waals surface area (Å²) in [4.78, 5) is 16.2. The molecule has 1 aliphatic rings. The maximum atomic E-state index is 12.0. The Bertz CT molecular complexity index is 578. The van der Waals surface area contributed by atoms with Gasteiger partial charge in [0.25, 0.3) is 0 Å². The molecule has 112 valence electrons. The fourth-order valence-electron chi connectivity index (χ4n) is 2.41. The molecule has 0 spiro atoms. The highest BCUT2D eigenvalue weighted by atomic mass is 35.5. The Kier molecular flexibility index (Phi) is 5.36. The van der Waals surface area contributed by atoms with Crippen molar-refractivity contribution in [1.82, 2.24) is 14.9 Å². The van der Waals surface area contributed by atoms with Crippen LogP contribution in [0.25, 0.3) is 0 Å². The normalized spacial score (nSPS) is 17.2. The third-order valence-corrected chi connectivity index (χ3v) is 3.52. The van der Waals surface area contributed by atoms with E-state index in [9.17, 15) is 4.79 Å². The first-order chi connectivity index (χ1) is 9.81. The molecule has 1 saturated heterocycles. The van der Waals surface area contributed by atoms with Gasteiger partial charge in [0, 0.05) is 19.3 Å². The Morgan fingerprint density at radius 3 is 2.90 bits per heavy atom. The molecule has 1 fully saturated rings. The third kappa shape index (κ3) is 4.06. The second-order valence-electron chi connectivity index (χ2n) is 5.10. The van der Waals surface area contributed by atoms with Gasteiger partial charge < -0.3 is 15.2 Å². The third-order valence-electron chi connectivity index (χ3n) is 3.52. The van der Waals surface area contributed by atoms with Crippen molar-refractivity contribution in [3.63, 3.8) is 0 Å². The first kappa shape index (κ1) is 15.5. The molecule has 0 unspecified atom stereocenters. The van der Waals surface area contributed by atoms with Crippen LogP contribution in [-0.2, 0) is 11.3 Å². The molecule has 1 amide bonds. The van der Waals surface area contributed by atoms with Crippen LogP contribution < -0.4 is 10.6 Å². The summed E-state index contributed by atoms with van der Waals surface area (Å²) in [6, 6.07) is 10.2. The molecular weight excluding hydrogens is 288 g/mol. The van der Waals surface area contributed by atoms with E-state index in [1.54, 1.807) is 6.33 Å². The van der Waals surface area contributed by atoms with Crippen molar-refractivity contribution in [2.75, 3.05) is 18.4 Å². The number of halogens is 1. The maximum Gasteiger partial charge on any atom is 0.230 e. The average Bonchev–Trinajstić information content (AvgIpc) is 3.11. The summed E-state index contributed by atoms with van der Waals surface area (Å²) in [6.07, 6.45) is 4.51. The van der Waals surface area contributed by atoms with E-state index in [0.717, 1.165) is 26.1 Å². The van der Waals surface area contributed by atoms with Gasteiger partial charge in [0.2, 0.25) is 5.91 Å². The van der Waals surface area contributed by atoms with Crippen molar-refractivity contribution in [2.24, 2.45) is 5.92 Å². The number of aromatic nitrogens is 2. The summed E-state index contributed by atoms with van der Waals surface area (Å²) in [6.45, 7) is 2.44. The first-order valence-electron chi connectivity index (χ1n) is 6.88. The van der Waals surface area contributed by atoms with Crippen LogP contribution in [0.15, 0.2) is 42.9 Å². The monoisotopic (exact) mass is 306 g/mol. The van der Waals surface area contributed by atoms with Crippen LogP contribution in [0.4, 0.5) is 5.82 Å². The molecule has 0 bridgehead atoms. The summed E-state index contributed by atoms with van der Waals surface area (Å²) in [5, 5.41) is 6.07. The number of carbonyl (C=O) groups excluding carboxylic acids is 1. The molecule has 2 heterocycles. The number of imidazole rings is 1. The molecule has 2 N–H and O–H groups in total. The number of hydrogen-bond acceptors (Lipinski definition) is 3. The zero-order valence-electron chi connectivity index (χ0n) is 11.7. The topological polar surface area (TPSA) is 59.0 Å². The van der Waals surface area contributed by atoms with Gasteiger partial charge in [-0.2, -0.15) is 0 Å². The number of nitrogens with zero attached hydrogens (tertiary/aromatic N) is 2. The Labute approximate surface area is 130 Å². The highest BCUT2D eigenvalue weighted by Gasteiger charge is 2.22. The largest absolute Gasteiger partial charge is 0.331 e. The quantitative estimate of drug-likeness (QED) is 0.907. The lowest BCUT2D eigenvalue weighted by Gasteiger charge is -2.07. The Balaban J connectivity index is 0.00000161. The minimum Gasteiger partial charge on any atom is -0.331 e. The second kappa shape index (κ2) is 7.24. The van der Waals surface area contributed by atoms with E-state index in [-0.39, 0.29) is 24.2 Å². The van der Waals surface area contributed by atoms with E-state index >= 15 is 0 Å². The lowest BCUT2D eigenvalue weighted by molar-refractivity contribution is -0.119. The lowest BCUT2D eigenvalue weighted by Crippen LogP contribution is -2.24. The van der Waals surface area contributed by atoms with E-state index < -0.39 is 0 Å². The van der Waals surface area contributed by atoms with Gasteiger partial charge in [-0.1, -0.05) is 30.3 Å². The minimum atomic E-state index is 0. The molecule has 1 atom stereocenters. The maximum absolute atomic E-state index is 12.0. The number of rotatable bonds is 4. The molecule has 1 aromatic carbocycles. The molecule has 5 nitrogen and oxygen atoms in total. The van der Waals surface area contributed by atoms with E-state index in [1.807, 2.05) is 29.0 Å². The van der Waals surface area contributed by atoms with Crippen molar-refractivity contribution in [2.45, 2.75) is 13.0 Å². The smallest absolute Gasteiger partial charge is 0.230 e. The molecular formula is C15H19ClN4O. The molecule has 21 heavy (non-hydrogen) atoms. The van der Waals surface area contributed by atoms with Gasteiger partial charge in [-0.3, -0.25) is 4.79 Å². The molecule has 6 heteroatoms. The van der Waals surface area contributed by atoms with Gasteiger partial charge in [-0.25, -0.2) is 4.98 Å². The summed E-state index contributed by atoms with van der Waals surface area (Å²) in [5.41, 5.74) is 1.21. The number of anilines is 1. The number of nitrogens with one attached hydrogen (secondary N) is 2. The van der Waals surface area contributed by atoms with Gasteiger partial charge in [0.05, 0.1) is 12.2 Å². The molecule has 0 aliphatic carbocycles. The predicted molar refractivity (Wildman–Crippen MR) is 84.6 cm³/mol. The van der Waals surface area contributed by atoms with Crippen LogP contribution >= 0.6 is 12.4 Å². The Morgan fingerprint density at radius 1 is 1.38 bits per heavy atom. The molecule has 3 rings (SSSR count). The fraction of sp³-hybridized carbons (Fsp3) is 0.333. The van der Waals surface area contributed by atoms with Crippen molar-refractivity contribution in [3.05, 3.63) is 48.4 Å². The second-order valence-corrected chi connectivity index (χ2v) is 5.10. The van der Waals surface area contributed by atoms with Gasteiger partial charge in [0.15, 0.2) is 5.82 Å². The van der Waals surface area contributed by atoms with E-state index in [1.165, 1.54) is 5.56 Å². The van der Waals surface area contributed by atoms with Gasteiger partial charge >= 0.3 is 0 Å². The first-order valence-corrected chi connectivity index (χ1v) is 6.88. The summed E-state index contributed by atoms with van der Waals surface area (Å²) >= 11 is 0. The van der Waals surface area contributed by atoms with Crippen molar-refractivity contribution >= 4 is 24.1 Å². The Morgan fingerprint density at radius 2 is 2.19 bits per heavy atom. The van der Waals surface area contributed by atoms with Crippen LogP contribution in [0.2, 0.25) is 0 Å². The number of carbonyl (C=O) groups is 1. The summed E-state index contributed by atoms with van der Waals surface area (Å²) < 4.78 is 1.97. The summed E-state index contributed by atoms with van der Waals surface area (Å²) in [7, 11) is 0. The van der Waals surface area contributed by atoms with E-state index in [0.29, 0.717) is 5.82 Å². The average molecular weight is 307 g/mol. The highest BCUT2D eigenvalue weighted by molar-refractivity contribution is 5.91. The van der Waals surface area contributed by atoms with Crippen LogP contribution in [0.3, 0.4) is 0 Å². The molecule has 1 aliphatic heterocycles. The summed E-state index contributed by atoms with van der Waals surface area (Å²) in [5.74, 6) is 0.743. The highest BCUT2D eigenvalue weighted by Crippen LogP contribution is 2.12. The number of hydrogen-bond donors (Lipinski definition) is 2. The zero-order chi connectivity index (χ0) is 13.8. The SMILES string of the molecule is Cl.O=C(Nc1cn(Cc2ccccc2)cn1)[C@H]1CCNC1. The number of benzene rings is 1. The molecule has 0 radical (unpaired) electrons. The van der Waals surface area contributed by atoms with Crippen LogP contribution in [0.1, 0.15) is 12.0 Å². The van der Waals surface area contributed by atoms with E-state index in [4.69, 9.17) is 0 Å². The standard InChI is InChI=1S/C15H18N4O.ClH/c20-15(13-6-7-16-8-13)18-14-10-19(11-17-14)9-12-4-2-1-3-5-12;/h1-5,10-11,13,16H,6-9H2,(H,18,20);1H/t13-;/m0./s1. The van der Waals surface area contributed by atoms with Crippen molar-refractivity contribution in [3.8, 4) is 0 Å². The van der Waals surface area contributed by atoms with Crippen LogP contribution in [-0.4, -0.2) is 28.5 Å². The van der Waals surface area contributed by atoms with Crippen LogP contribution in [0, 0.1) is 5.92 Å². The molecule has 1 aromatic heterocycles.